The lowest BCUT2D eigenvalue weighted by atomic mass is 10.1. The van der Waals surface area contributed by atoms with E-state index < -0.39 is 0 Å². The van der Waals surface area contributed by atoms with Crippen molar-refractivity contribution in [1.29, 1.82) is 0 Å². The monoisotopic (exact) mass is 199 g/mol. The third-order valence-electron chi connectivity index (χ3n) is 2.35. The lowest BCUT2D eigenvalue weighted by molar-refractivity contribution is -0.145. The van der Waals surface area contributed by atoms with Crippen molar-refractivity contribution < 1.29 is 4.79 Å². The van der Waals surface area contributed by atoms with Crippen molar-refractivity contribution in [3.8, 4) is 0 Å². The van der Waals surface area contributed by atoms with E-state index in [2.05, 4.69) is 25.8 Å². The summed E-state index contributed by atoms with van der Waals surface area (Å²) in [4.78, 5) is 11.6. The molecule has 1 amide bonds. The summed E-state index contributed by atoms with van der Waals surface area (Å²) in [5.74, 6) is 0.192. The Bertz CT molecular complexity index is 220. The zero-order valence-electron chi connectivity index (χ0n) is 9.58. The predicted octanol–water partition coefficient (Wildman–Crippen LogP) is 0.581. The molecule has 1 unspecified atom stereocenters. The van der Waals surface area contributed by atoms with Crippen molar-refractivity contribution >= 4 is 5.91 Å². The van der Waals surface area contributed by atoms with Gasteiger partial charge in [-0.2, -0.15) is 0 Å². The molecule has 1 rings (SSSR count). The molecular weight excluding hydrogens is 178 g/mol. The molecule has 1 saturated heterocycles. The van der Waals surface area contributed by atoms with Gasteiger partial charge in [-0.25, -0.2) is 5.01 Å². The van der Waals surface area contributed by atoms with Crippen LogP contribution in [0.2, 0.25) is 0 Å². The summed E-state index contributed by atoms with van der Waals surface area (Å²) in [6.07, 6.45) is 0.615. The van der Waals surface area contributed by atoms with Crippen molar-refractivity contribution in [1.82, 2.24) is 10.0 Å². The molecule has 1 fully saturated rings. The highest BCUT2D eigenvalue weighted by molar-refractivity contribution is 5.77. The summed E-state index contributed by atoms with van der Waals surface area (Å²) in [6.45, 7) is 9.69. The van der Waals surface area contributed by atoms with Crippen molar-refractivity contribution in [3.05, 3.63) is 0 Å². The Hall–Kier alpha value is -0.610. The van der Waals surface area contributed by atoms with Crippen molar-refractivity contribution in [3.63, 3.8) is 0 Å². The standard InChI is InChI=1S/C10H21N3O/c1-8(11)7-12-9(14)5-6-13(12)10(2,3)4/h8H,5-7,11H2,1-4H3. The topological polar surface area (TPSA) is 49.6 Å². The van der Waals surface area contributed by atoms with Crippen LogP contribution in [-0.2, 0) is 4.79 Å². The first-order valence-electron chi connectivity index (χ1n) is 5.16. The van der Waals surface area contributed by atoms with Gasteiger partial charge in [-0.3, -0.25) is 9.80 Å². The highest BCUT2D eigenvalue weighted by Crippen LogP contribution is 2.22. The minimum Gasteiger partial charge on any atom is -0.326 e. The van der Waals surface area contributed by atoms with Gasteiger partial charge in [0.15, 0.2) is 0 Å². The summed E-state index contributed by atoms with van der Waals surface area (Å²) in [6, 6.07) is 0.0295. The Kier molecular flexibility index (Phi) is 3.17. The largest absolute Gasteiger partial charge is 0.326 e. The van der Waals surface area contributed by atoms with Crippen LogP contribution in [-0.4, -0.2) is 40.6 Å². The van der Waals surface area contributed by atoms with E-state index in [1.54, 1.807) is 5.01 Å². The first kappa shape index (κ1) is 11.5. The molecule has 0 aliphatic carbocycles. The van der Waals surface area contributed by atoms with Crippen LogP contribution >= 0.6 is 0 Å². The second-order valence-corrected chi connectivity index (χ2v) is 5.00. The second kappa shape index (κ2) is 3.87. The summed E-state index contributed by atoms with van der Waals surface area (Å²) < 4.78 is 0. The Morgan fingerprint density at radius 3 is 2.50 bits per heavy atom. The highest BCUT2D eigenvalue weighted by atomic mass is 16.2. The number of nitrogens with two attached hydrogens (primary N) is 1. The molecule has 4 nitrogen and oxygen atoms in total. The predicted molar refractivity (Wildman–Crippen MR) is 56.4 cm³/mol. The number of carbonyl (C=O) groups excluding carboxylic acids is 1. The summed E-state index contributed by atoms with van der Waals surface area (Å²) in [5.41, 5.74) is 5.72. The zero-order chi connectivity index (χ0) is 10.9. The van der Waals surface area contributed by atoms with E-state index in [1.807, 2.05) is 6.92 Å². The minimum absolute atomic E-state index is 0.00104. The molecule has 1 atom stereocenters. The number of nitrogens with zero attached hydrogens (tertiary/aromatic N) is 2. The van der Waals surface area contributed by atoms with E-state index in [-0.39, 0.29) is 17.5 Å². The SMILES string of the molecule is CC(N)CN1C(=O)CCN1C(C)(C)C. The highest BCUT2D eigenvalue weighted by Gasteiger charge is 2.36. The third-order valence-corrected chi connectivity index (χ3v) is 2.35. The molecule has 0 saturated carbocycles. The third kappa shape index (κ3) is 2.45. The first-order valence-corrected chi connectivity index (χ1v) is 5.16. The van der Waals surface area contributed by atoms with E-state index in [4.69, 9.17) is 5.73 Å². The lowest BCUT2D eigenvalue weighted by Gasteiger charge is -2.39. The molecule has 0 bridgehead atoms. The smallest absolute Gasteiger partial charge is 0.238 e. The summed E-state index contributed by atoms with van der Waals surface area (Å²) in [7, 11) is 0. The fraction of sp³-hybridized carbons (Fsp3) is 0.900. The number of carbonyl (C=O) groups is 1. The van der Waals surface area contributed by atoms with Crippen LogP contribution in [0.3, 0.4) is 0 Å². The van der Waals surface area contributed by atoms with Gasteiger partial charge in [0.1, 0.15) is 0 Å². The normalized spacial score (nSPS) is 21.8. The Morgan fingerprint density at radius 2 is 2.07 bits per heavy atom. The van der Waals surface area contributed by atoms with Gasteiger partial charge in [0.2, 0.25) is 5.91 Å². The number of amides is 1. The fourth-order valence-electron chi connectivity index (χ4n) is 1.76. The summed E-state index contributed by atoms with van der Waals surface area (Å²) >= 11 is 0. The van der Waals surface area contributed by atoms with Crippen molar-refractivity contribution in [2.75, 3.05) is 13.1 Å². The maximum atomic E-state index is 11.6. The van der Waals surface area contributed by atoms with E-state index in [1.165, 1.54) is 0 Å². The van der Waals surface area contributed by atoms with Crippen LogP contribution in [0.4, 0.5) is 0 Å². The van der Waals surface area contributed by atoms with Crippen LogP contribution in [0, 0.1) is 0 Å². The van der Waals surface area contributed by atoms with E-state index in [0.717, 1.165) is 6.54 Å². The number of hydrogen-bond acceptors (Lipinski definition) is 3. The van der Waals surface area contributed by atoms with Crippen LogP contribution in [0.25, 0.3) is 0 Å². The average molecular weight is 199 g/mol. The number of rotatable bonds is 2. The molecule has 1 heterocycles. The quantitative estimate of drug-likeness (QED) is 0.708. The van der Waals surface area contributed by atoms with Gasteiger partial charge in [-0.15, -0.1) is 0 Å². The van der Waals surface area contributed by atoms with Crippen molar-refractivity contribution in [2.45, 2.75) is 45.7 Å². The Balaban J connectivity index is 2.72. The fourth-order valence-corrected chi connectivity index (χ4v) is 1.76. The van der Waals surface area contributed by atoms with Gasteiger partial charge >= 0.3 is 0 Å². The molecule has 4 heteroatoms. The maximum absolute atomic E-state index is 11.6. The first-order chi connectivity index (χ1) is 6.32. The minimum atomic E-state index is 0.00104. The Morgan fingerprint density at radius 1 is 1.50 bits per heavy atom. The molecule has 1 aliphatic heterocycles. The van der Waals surface area contributed by atoms with Crippen LogP contribution in [0.15, 0.2) is 0 Å². The molecule has 2 N–H and O–H groups in total. The van der Waals surface area contributed by atoms with Crippen LogP contribution in [0.1, 0.15) is 34.1 Å². The molecule has 0 aromatic carbocycles. The lowest BCUT2D eigenvalue weighted by Crippen LogP contribution is -2.52. The number of hydrogen-bond donors (Lipinski definition) is 1. The zero-order valence-corrected chi connectivity index (χ0v) is 9.58. The molecule has 0 spiro atoms. The molecule has 0 radical (unpaired) electrons. The molecule has 1 aliphatic rings. The molecule has 14 heavy (non-hydrogen) atoms. The van der Waals surface area contributed by atoms with Gasteiger partial charge in [-0.05, 0) is 27.7 Å². The maximum Gasteiger partial charge on any atom is 0.238 e. The van der Waals surface area contributed by atoms with Gasteiger partial charge in [0.25, 0.3) is 0 Å². The van der Waals surface area contributed by atoms with E-state index in [0.29, 0.717) is 13.0 Å². The second-order valence-electron chi connectivity index (χ2n) is 5.00. The molecular formula is C10H21N3O. The van der Waals surface area contributed by atoms with Crippen LogP contribution < -0.4 is 5.73 Å². The molecule has 0 aromatic heterocycles. The molecule has 82 valence electrons. The van der Waals surface area contributed by atoms with Crippen LogP contribution in [0.5, 0.6) is 0 Å². The number of hydrazine groups is 1. The van der Waals surface area contributed by atoms with E-state index in [9.17, 15) is 4.79 Å². The molecule has 0 aromatic rings. The average Bonchev–Trinajstić information content (AvgIpc) is 2.30. The van der Waals surface area contributed by atoms with Gasteiger partial charge in [-0.1, -0.05) is 0 Å². The van der Waals surface area contributed by atoms with Gasteiger partial charge < -0.3 is 5.73 Å². The van der Waals surface area contributed by atoms with Gasteiger partial charge in [0.05, 0.1) is 6.54 Å². The van der Waals surface area contributed by atoms with Crippen molar-refractivity contribution in [2.24, 2.45) is 5.73 Å². The van der Waals surface area contributed by atoms with E-state index >= 15 is 0 Å². The summed E-state index contributed by atoms with van der Waals surface area (Å²) in [5, 5.41) is 3.91. The van der Waals surface area contributed by atoms with Gasteiger partial charge in [0, 0.05) is 24.5 Å². The Labute approximate surface area is 86.0 Å².